The quantitative estimate of drug-likeness (QED) is 0.807. The molecule has 1 aromatic carbocycles. The van der Waals surface area contributed by atoms with Crippen LogP contribution in [-0.2, 0) is 9.53 Å². The van der Waals surface area contributed by atoms with Crippen LogP contribution in [0, 0.1) is 5.82 Å². The number of halogens is 1. The maximum absolute atomic E-state index is 13.0. The average Bonchev–Trinajstić information content (AvgIpc) is 3.29. The van der Waals surface area contributed by atoms with E-state index in [1.807, 2.05) is 0 Å². The van der Waals surface area contributed by atoms with Crippen molar-refractivity contribution in [1.82, 2.24) is 20.0 Å². The van der Waals surface area contributed by atoms with Gasteiger partial charge in [-0.15, -0.1) is 0 Å². The Morgan fingerprint density at radius 3 is 2.70 bits per heavy atom. The topological polar surface area (TPSA) is 87.8 Å². The maximum atomic E-state index is 13.0. The molecule has 0 aliphatic carbocycles. The zero-order valence-corrected chi connectivity index (χ0v) is 16.7. The van der Waals surface area contributed by atoms with Crippen LogP contribution in [0.15, 0.2) is 30.3 Å². The molecule has 2 aliphatic rings. The van der Waals surface area contributed by atoms with Crippen LogP contribution in [0.1, 0.15) is 41.5 Å². The molecule has 0 spiro atoms. The molecular weight excluding hydrogens is 391 g/mol. The predicted molar refractivity (Wildman–Crippen MR) is 106 cm³/mol. The van der Waals surface area contributed by atoms with Crippen LogP contribution in [0.25, 0.3) is 0 Å². The van der Waals surface area contributed by atoms with Crippen molar-refractivity contribution in [2.45, 2.75) is 25.3 Å². The van der Waals surface area contributed by atoms with Crippen LogP contribution < -0.4 is 4.74 Å². The molecule has 8 nitrogen and oxygen atoms in total. The third kappa shape index (κ3) is 4.62. The Labute approximate surface area is 173 Å². The summed E-state index contributed by atoms with van der Waals surface area (Å²) in [5.74, 6) is -0.196. The first kappa shape index (κ1) is 20.3. The second-order valence-corrected chi connectivity index (χ2v) is 7.45. The first-order valence-electron chi connectivity index (χ1n) is 10.2. The van der Waals surface area contributed by atoms with Crippen molar-refractivity contribution < 1.29 is 23.5 Å². The van der Waals surface area contributed by atoms with Gasteiger partial charge in [-0.3, -0.25) is 14.7 Å². The number of benzene rings is 1. The molecule has 160 valence electrons. The molecule has 2 aliphatic heterocycles. The van der Waals surface area contributed by atoms with Crippen LogP contribution in [0.5, 0.6) is 5.75 Å². The number of carbonyl (C=O) groups excluding carboxylic acids is 2. The summed E-state index contributed by atoms with van der Waals surface area (Å²) in [4.78, 5) is 29.0. The number of aromatic amines is 1. The minimum Gasteiger partial charge on any atom is -0.484 e. The third-order valence-corrected chi connectivity index (χ3v) is 5.47. The molecule has 2 aromatic rings. The number of nitrogens with zero attached hydrogens (tertiary/aromatic N) is 3. The van der Waals surface area contributed by atoms with Crippen molar-refractivity contribution in [3.05, 3.63) is 47.5 Å². The van der Waals surface area contributed by atoms with Gasteiger partial charge in [-0.05, 0) is 49.6 Å². The lowest BCUT2D eigenvalue weighted by molar-refractivity contribution is -0.137. The van der Waals surface area contributed by atoms with Gasteiger partial charge in [-0.2, -0.15) is 5.10 Å². The summed E-state index contributed by atoms with van der Waals surface area (Å²) in [6.07, 6.45) is 2.68. The maximum Gasteiger partial charge on any atom is 0.274 e. The van der Waals surface area contributed by atoms with Crippen LogP contribution in [0.3, 0.4) is 0 Å². The number of amides is 2. The van der Waals surface area contributed by atoms with Gasteiger partial charge in [0.15, 0.2) is 6.61 Å². The molecule has 0 unspecified atom stereocenters. The lowest BCUT2D eigenvalue weighted by Gasteiger charge is -2.35. The molecule has 30 heavy (non-hydrogen) atoms. The van der Waals surface area contributed by atoms with E-state index in [0.717, 1.165) is 25.0 Å². The van der Waals surface area contributed by atoms with E-state index in [2.05, 4.69) is 10.2 Å². The fraction of sp³-hybridized carbons (Fsp3) is 0.476. The van der Waals surface area contributed by atoms with Crippen molar-refractivity contribution in [3.63, 3.8) is 0 Å². The van der Waals surface area contributed by atoms with Gasteiger partial charge in [0.1, 0.15) is 17.3 Å². The number of rotatable bonds is 5. The normalized spacial score (nSPS) is 19.6. The molecule has 1 atom stereocenters. The van der Waals surface area contributed by atoms with Gasteiger partial charge in [0, 0.05) is 19.6 Å². The highest BCUT2D eigenvalue weighted by molar-refractivity contribution is 5.92. The Bertz CT molecular complexity index is 879. The number of nitrogens with one attached hydrogen (secondary N) is 1. The van der Waals surface area contributed by atoms with Crippen molar-refractivity contribution in [1.29, 1.82) is 0 Å². The van der Waals surface area contributed by atoms with E-state index in [0.29, 0.717) is 44.3 Å². The van der Waals surface area contributed by atoms with E-state index in [9.17, 15) is 14.0 Å². The first-order valence-corrected chi connectivity index (χ1v) is 10.2. The zero-order valence-electron chi connectivity index (χ0n) is 16.7. The standard InChI is InChI=1S/C21H25FN4O4/c22-15-4-6-16(7-5-15)30-14-20(27)26-8-2-1-3-19(26)17-13-18(24-23-17)21(28)25-9-11-29-12-10-25/h4-7,13,19H,1-3,8-12,14H2,(H,23,24)/t19-/m1/s1. The van der Waals surface area contributed by atoms with Crippen LogP contribution >= 0.6 is 0 Å². The number of likely N-dealkylation sites (tertiary alicyclic amines) is 1. The van der Waals surface area contributed by atoms with Crippen molar-refractivity contribution in [2.24, 2.45) is 0 Å². The number of H-pyrrole nitrogens is 1. The molecule has 4 rings (SSSR count). The van der Waals surface area contributed by atoms with Gasteiger partial charge >= 0.3 is 0 Å². The molecule has 2 fully saturated rings. The minimum absolute atomic E-state index is 0.129. The van der Waals surface area contributed by atoms with Gasteiger partial charge in [-0.25, -0.2) is 4.39 Å². The van der Waals surface area contributed by atoms with Gasteiger partial charge in [0.25, 0.3) is 11.8 Å². The Kier molecular flexibility index (Phi) is 6.27. The number of ether oxygens (including phenoxy) is 2. The van der Waals surface area contributed by atoms with Gasteiger partial charge in [-0.1, -0.05) is 0 Å². The summed E-state index contributed by atoms with van der Waals surface area (Å²) in [5, 5.41) is 7.16. The number of morpholine rings is 1. The molecule has 0 radical (unpaired) electrons. The highest BCUT2D eigenvalue weighted by atomic mass is 19.1. The summed E-state index contributed by atoms with van der Waals surface area (Å²) < 4.78 is 23.8. The van der Waals surface area contributed by atoms with E-state index in [1.165, 1.54) is 24.3 Å². The number of hydrogen-bond acceptors (Lipinski definition) is 5. The fourth-order valence-corrected chi connectivity index (χ4v) is 3.86. The highest BCUT2D eigenvalue weighted by Gasteiger charge is 2.31. The third-order valence-electron chi connectivity index (χ3n) is 5.47. The lowest BCUT2D eigenvalue weighted by Crippen LogP contribution is -2.41. The van der Waals surface area contributed by atoms with Crippen LogP contribution in [0.2, 0.25) is 0 Å². The molecule has 2 amide bonds. The molecule has 0 saturated carbocycles. The van der Waals surface area contributed by atoms with E-state index in [4.69, 9.17) is 9.47 Å². The van der Waals surface area contributed by atoms with Gasteiger partial charge < -0.3 is 19.3 Å². The van der Waals surface area contributed by atoms with E-state index in [-0.39, 0.29) is 30.3 Å². The van der Waals surface area contributed by atoms with Gasteiger partial charge in [0.05, 0.1) is 24.9 Å². The second kappa shape index (κ2) is 9.25. The Morgan fingerprint density at radius 1 is 1.17 bits per heavy atom. The van der Waals surface area contributed by atoms with Crippen molar-refractivity contribution in [2.75, 3.05) is 39.5 Å². The summed E-state index contributed by atoms with van der Waals surface area (Å²) in [6.45, 7) is 2.65. The smallest absolute Gasteiger partial charge is 0.274 e. The molecular formula is C21H25FN4O4. The minimum atomic E-state index is -0.355. The average molecular weight is 416 g/mol. The summed E-state index contributed by atoms with van der Waals surface area (Å²) >= 11 is 0. The summed E-state index contributed by atoms with van der Waals surface area (Å²) in [6, 6.07) is 7.14. The SMILES string of the molecule is O=C(c1cc([C@H]2CCCCN2C(=O)COc2ccc(F)cc2)[nH]n1)N1CCOCC1. The number of hydrogen-bond donors (Lipinski definition) is 1. The highest BCUT2D eigenvalue weighted by Crippen LogP contribution is 2.30. The summed E-state index contributed by atoms with van der Waals surface area (Å²) in [5.41, 5.74) is 1.11. The molecule has 0 bridgehead atoms. The zero-order chi connectivity index (χ0) is 20.9. The molecule has 3 heterocycles. The number of aromatic nitrogens is 2. The van der Waals surface area contributed by atoms with Crippen LogP contribution in [0.4, 0.5) is 4.39 Å². The largest absolute Gasteiger partial charge is 0.484 e. The molecule has 1 N–H and O–H groups in total. The lowest BCUT2D eigenvalue weighted by atomic mass is 9.99. The predicted octanol–water partition coefficient (Wildman–Crippen LogP) is 2.15. The first-order chi connectivity index (χ1) is 14.6. The number of piperidine rings is 1. The Hall–Kier alpha value is -2.94. The molecule has 2 saturated heterocycles. The van der Waals surface area contributed by atoms with Crippen molar-refractivity contribution >= 4 is 11.8 Å². The molecule has 1 aromatic heterocycles. The number of carbonyl (C=O) groups is 2. The van der Waals surface area contributed by atoms with Crippen LogP contribution in [-0.4, -0.2) is 71.3 Å². The van der Waals surface area contributed by atoms with E-state index < -0.39 is 0 Å². The summed E-state index contributed by atoms with van der Waals surface area (Å²) in [7, 11) is 0. The Balaban J connectivity index is 1.41. The second-order valence-electron chi connectivity index (χ2n) is 7.45. The Morgan fingerprint density at radius 2 is 1.93 bits per heavy atom. The van der Waals surface area contributed by atoms with E-state index >= 15 is 0 Å². The monoisotopic (exact) mass is 416 g/mol. The van der Waals surface area contributed by atoms with E-state index in [1.54, 1.807) is 15.9 Å². The molecule has 9 heteroatoms. The van der Waals surface area contributed by atoms with Gasteiger partial charge in [0.2, 0.25) is 0 Å². The van der Waals surface area contributed by atoms with Crippen molar-refractivity contribution in [3.8, 4) is 5.75 Å². The fourth-order valence-electron chi connectivity index (χ4n) is 3.86.